The Hall–Kier alpha value is -1.14. The number of imide groups is 1. The zero-order chi connectivity index (χ0) is 9.19. The van der Waals surface area contributed by atoms with Crippen molar-refractivity contribution < 1.29 is 24.3 Å². The summed E-state index contributed by atoms with van der Waals surface area (Å²) >= 11 is 0. The van der Waals surface area contributed by atoms with Crippen LogP contribution in [-0.4, -0.2) is 53.1 Å². The van der Waals surface area contributed by atoms with E-state index in [1.165, 1.54) is 0 Å². The van der Waals surface area contributed by atoms with Crippen LogP contribution >= 0.6 is 0 Å². The fraction of sp³-hybridized carbons (Fsp3) is 0.667. The number of nitrogens with one attached hydrogen (secondary N) is 1. The molecule has 6 heteroatoms. The number of amides is 2. The van der Waals surface area contributed by atoms with Gasteiger partial charge >= 0.3 is 12.2 Å². The van der Waals surface area contributed by atoms with Gasteiger partial charge in [0.05, 0.1) is 0 Å². The minimum atomic E-state index is -1.29. The van der Waals surface area contributed by atoms with Crippen molar-refractivity contribution in [2.24, 2.45) is 0 Å². The maximum atomic E-state index is 10.7. The Labute approximate surface area is 69.0 Å². The topological polar surface area (TPSA) is 86.6 Å². The highest BCUT2D eigenvalue weighted by Crippen LogP contribution is 2.10. The average molecular weight is 175 g/mol. The normalized spacial score (nSPS) is 21.7. The molecular weight excluding hydrogens is 164 g/mol. The number of rotatable bonds is 0. The van der Waals surface area contributed by atoms with E-state index in [2.05, 4.69) is 5.32 Å². The van der Waals surface area contributed by atoms with Crippen LogP contribution in [0.25, 0.3) is 0 Å². The SMILES string of the molecule is O=C(O)[N+]1(C(=O)O)CCNCC1. The molecule has 0 aromatic rings. The molecule has 0 radical (unpaired) electrons. The molecule has 0 aromatic carbocycles. The van der Waals surface area contributed by atoms with Gasteiger partial charge in [0.2, 0.25) is 0 Å². The Balaban J connectivity index is 2.84. The lowest BCUT2D eigenvalue weighted by Crippen LogP contribution is -2.63. The second kappa shape index (κ2) is 3.08. The highest BCUT2D eigenvalue weighted by Gasteiger charge is 2.46. The van der Waals surface area contributed by atoms with E-state index in [9.17, 15) is 9.59 Å². The van der Waals surface area contributed by atoms with E-state index in [0.717, 1.165) is 0 Å². The van der Waals surface area contributed by atoms with Crippen molar-refractivity contribution in [1.29, 1.82) is 0 Å². The third kappa shape index (κ3) is 1.26. The fourth-order valence-corrected chi connectivity index (χ4v) is 1.24. The van der Waals surface area contributed by atoms with Crippen LogP contribution in [0.2, 0.25) is 0 Å². The molecule has 0 saturated carbocycles. The molecule has 1 rings (SSSR count). The van der Waals surface area contributed by atoms with Crippen molar-refractivity contribution in [1.82, 2.24) is 5.32 Å². The number of carboxylic acid groups (broad SMARTS) is 2. The van der Waals surface area contributed by atoms with Crippen LogP contribution in [0, 0.1) is 0 Å². The molecule has 12 heavy (non-hydrogen) atoms. The first kappa shape index (κ1) is 8.95. The maximum absolute atomic E-state index is 10.7. The minimum Gasteiger partial charge on any atom is -0.435 e. The Morgan fingerprint density at radius 1 is 1.08 bits per heavy atom. The second-order valence-electron chi connectivity index (χ2n) is 2.73. The third-order valence-electron chi connectivity index (χ3n) is 2.07. The van der Waals surface area contributed by atoms with Gasteiger partial charge in [-0.25, -0.2) is 0 Å². The van der Waals surface area contributed by atoms with Crippen LogP contribution in [0.15, 0.2) is 0 Å². The Morgan fingerprint density at radius 2 is 1.50 bits per heavy atom. The van der Waals surface area contributed by atoms with Crippen molar-refractivity contribution in [3.05, 3.63) is 0 Å². The highest BCUT2D eigenvalue weighted by atomic mass is 16.4. The van der Waals surface area contributed by atoms with Gasteiger partial charge < -0.3 is 15.5 Å². The molecule has 0 aromatic heterocycles. The monoisotopic (exact) mass is 175 g/mol. The molecule has 0 bridgehead atoms. The summed E-state index contributed by atoms with van der Waals surface area (Å²) in [6.07, 6.45) is -2.58. The van der Waals surface area contributed by atoms with E-state index in [1.54, 1.807) is 0 Å². The summed E-state index contributed by atoms with van der Waals surface area (Å²) in [6, 6.07) is 0. The molecule has 1 saturated heterocycles. The van der Waals surface area contributed by atoms with Gasteiger partial charge in [0.25, 0.3) is 0 Å². The summed E-state index contributed by atoms with van der Waals surface area (Å²) in [6.45, 7) is 1.06. The number of quaternary nitrogens is 1. The zero-order valence-electron chi connectivity index (χ0n) is 6.49. The lowest BCUT2D eigenvalue weighted by molar-refractivity contribution is -0.786. The quantitative estimate of drug-likeness (QED) is 0.442. The molecule has 0 atom stereocenters. The van der Waals surface area contributed by atoms with Gasteiger partial charge in [-0.15, -0.1) is 4.48 Å². The van der Waals surface area contributed by atoms with Gasteiger partial charge in [-0.3, -0.25) is 0 Å². The summed E-state index contributed by atoms with van der Waals surface area (Å²) in [5.74, 6) is 0. The van der Waals surface area contributed by atoms with Gasteiger partial charge in [0.15, 0.2) is 0 Å². The molecular formula is C6H11N2O4+. The highest BCUT2D eigenvalue weighted by molar-refractivity contribution is 5.73. The Bertz CT molecular complexity index is 194. The van der Waals surface area contributed by atoms with Crippen LogP contribution in [0.5, 0.6) is 0 Å². The van der Waals surface area contributed by atoms with E-state index in [1.807, 2.05) is 0 Å². The fourth-order valence-electron chi connectivity index (χ4n) is 1.24. The minimum absolute atomic E-state index is 0.102. The van der Waals surface area contributed by atoms with Gasteiger partial charge in [-0.05, 0) is 0 Å². The van der Waals surface area contributed by atoms with Gasteiger partial charge in [-0.2, -0.15) is 9.59 Å². The predicted molar refractivity (Wildman–Crippen MR) is 38.9 cm³/mol. The van der Waals surface area contributed by atoms with Crippen LogP contribution in [0.4, 0.5) is 9.59 Å². The molecule has 1 fully saturated rings. The zero-order valence-corrected chi connectivity index (χ0v) is 6.49. The van der Waals surface area contributed by atoms with Crippen molar-refractivity contribution in [3.63, 3.8) is 0 Å². The summed E-state index contributed by atoms with van der Waals surface area (Å²) in [7, 11) is 0. The molecule has 0 aliphatic carbocycles. The van der Waals surface area contributed by atoms with Crippen LogP contribution < -0.4 is 5.32 Å². The standard InChI is InChI=1S/C6H10N2O4/c9-5(10)8(6(11)12)3-1-7-2-4-8/h7H,1-4H2,(H-,9,10,11,12)/p+1. The van der Waals surface area contributed by atoms with Gasteiger partial charge in [-0.1, -0.05) is 0 Å². The number of piperazine rings is 1. The van der Waals surface area contributed by atoms with Crippen molar-refractivity contribution in [3.8, 4) is 0 Å². The second-order valence-corrected chi connectivity index (χ2v) is 2.73. The molecule has 3 N–H and O–H groups in total. The van der Waals surface area contributed by atoms with Crippen LogP contribution in [0.3, 0.4) is 0 Å². The first-order valence-electron chi connectivity index (χ1n) is 3.64. The largest absolute Gasteiger partial charge is 0.524 e. The summed E-state index contributed by atoms with van der Waals surface area (Å²) < 4.78 is -0.868. The molecule has 0 spiro atoms. The molecule has 6 nitrogen and oxygen atoms in total. The van der Waals surface area contributed by atoms with Crippen molar-refractivity contribution in [2.45, 2.75) is 0 Å². The van der Waals surface area contributed by atoms with Gasteiger partial charge in [0, 0.05) is 13.1 Å². The predicted octanol–water partition coefficient (Wildman–Crippen LogP) is -0.238. The summed E-state index contributed by atoms with van der Waals surface area (Å²) in [5, 5.41) is 20.4. The summed E-state index contributed by atoms with van der Waals surface area (Å²) in [4.78, 5) is 21.4. The lowest BCUT2D eigenvalue weighted by Gasteiger charge is -2.30. The van der Waals surface area contributed by atoms with E-state index >= 15 is 0 Å². The van der Waals surface area contributed by atoms with E-state index in [4.69, 9.17) is 10.2 Å². The molecule has 1 heterocycles. The van der Waals surface area contributed by atoms with Gasteiger partial charge in [0.1, 0.15) is 13.1 Å². The molecule has 1 aliphatic rings. The van der Waals surface area contributed by atoms with Crippen LogP contribution in [0.1, 0.15) is 0 Å². The van der Waals surface area contributed by atoms with E-state index < -0.39 is 16.7 Å². The summed E-state index contributed by atoms with van der Waals surface area (Å²) in [5.41, 5.74) is 0. The lowest BCUT2D eigenvalue weighted by atomic mass is 10.3. The van der Waals surface area contributed by atoms with Crippen LogP contribution in [-0.2, 0) is 0 Å². The van der Waals surface area contributed by atoms with E-state index in [0.29, 0.717) is 13.1 Å². The number of nitrogens with zero attached hydrogens (tertiary/aromatic N) is 1. The molecule has 1 aliphatic heterocycles. The average Bonchev–Trinajstić information content (AvgIpc) is 2.05. The van der Waals surface area contributed by atoms with Crippen molar-refractivity contribution in [2.75, 3.05) is 26.2 Å². The number of carbonyl (C=O) groups is 2. The Morgan fingerprint density at radius 3 is 1.75 bits per heavy atom. The maximum Gasteiger partial charge on any atom is 0.524 e. The third-order valence-corrected chi connectivity index (χ3v) is 2.07. The first-order valence-corrected chi connectivity index (χ1v) is 3.64. The molecule has 0 unspecified atom stereocenters. The molecule has 2 amide bonds. The molecule has 68 valence electrons. The number of hydrogen-bond acceptors (Lipinski definition) is 3. The number of hydrogen-bond donors (Lipinski definition) is 3. The smallest absolute Gasteiger partial charge is 0.435 e. The Kier molecular flexibility index (Phi) is 2.30. The first-order chi connectivity index (χ1) is 5.59. The van der Waals surface area contributed by atoms with E-state index in [-0.39, 0.29) is 13.1 Å². The van der Waals surface area contributed by atoms with Crippen molar-refractivity contribution >= 4 is 12.2 Å².